The van der Waals surface area contributed by atoms with Gasteiger partial charge in [-0.25, -0.2) is 17.5 Å². The predicted octanol–water partition coefficient (Wildman–Crippen LogP) is 2.20. The first kappa shape index (κ1) is 18.0. The number of halogens is 1. The van der Waals surface area contributed by atoms with Crippen LogP contribution >= 0.6 is 0 Å². The fourth-order valence-electron chi connectivity index (χ4n) is 1.97. The smallest absolute Gasteiger partial charge is 0.244 e. The maximum Gasteiger partial charge on any atom is 0.244 e. The Labute approximate surface area is 140 Å². The molecule has 2 aromatic rings. The van der Waals surface area contributed by atoms with Crippen molar-refractivity contribution in [2.75, 3.05) is 27.4 Å². The van der Waals surface area contributed by atoms with Crippen LogP contribution in [0.1, 0.15) is 0 Å². The number of ether oxygens (including phenoxy) is 3. The predicted molar refractivity (Wildman–Crippen MR) is 86.6 cm³/mol. The summed E-state index contributed by atoms with van der Waals surface area (Å²) in [6.07, 6.45) is 0. The number of benzene rings is 2. The molecule has 0 aliphatic heterocycles. The topological polar surface area (TPSA) is 73.9 Å². The normalized spacial score (nSPS) is 11.1. The van der Waals surface area contributed by atoms with Crippen LogP contribution in [0, 0.1) is 5.82 Å². The molecule has 0 aromatic heterocycles. The van der Waals surface area contributed by atoms with Crippen LogP contribution in [0.2, 0.25) is 0 Å². The highest BCUT2D eigenvalue weighted by Gasteiger charge is 2.20. The molecule has 1 N–H and O–H groups in total. The molecule has 0 aliphatic carbocycles. The summed E-state index contributed by atoms with van der Waals surface area (Å²) in [6, 6.07) is 10.1. The summed E-state index contributed by atoms with van der Waals surface area (Å²) >= 11 is 0. The van der Waals surface area contributed by atoms with Crippen LogP contribution in [0.15, 0.2) is 47.4 Å². The Morgan fingerprint density at radius 2 is 1.83 bits per heavy atom. The number of rotatable bonds is 8. The molecule has 0 unspecified atom stereocenters. The van der Waals surface area contributed by atoms with Gasteiger partial charge in [-0.2, -0.15) is 0 Å². The Morgan fingerprint density at radius 1 is 1.04 bits per heavy atom. The van der Waals surface area contributed by atoms with E-state index >= 15 is 0 Å². The van der Waals surface area contributed by atoms with Crippen LogP contribution in [0.5, 0.6) is 17.2 Å². The van der Waals surface area contributed by atoms with Crippen LogP contribution in [-0.4, -0.2) is 35.8 Å². The molecule has 0 spiro atoms. The molecule has 6 nitrogen and oxygen atoms in total. The van der Waals surface area contributed by atoms with Crippen LogP contribution < -0.4 is 18.9 Å². The average Bonchev–Trinajstić information content (AvgIpc) is 2.58. The molecule has 0 radical (unpaired) electrons. The molecule has 0 atom stereocenters. The van der Waals surface area contributed by atoms with E-state index in [0.717, 1.165) is 0 Å². The molecule has 0 amide bonds. The monoisotopic (exact) mass is 355 g/mol. The van der Waals surface area contributed by atoms with Crippen molar-refractivity contribution in [2.24, 2.45) is 0 Å². The fraction of sp³-hybridized carbons (Fsp3) is 0.250. The van der Waals surface area contributed by atoms with Gasteiger partial charge in [-0.15, -0.1) is 0 Å². The first-order valence-corrected chi connectivity index (χ1v) is 8.54. The first-order valence-electron chi connectivity index (χ1n) is 7.06. The SMILES string of the molecule is COc1ccc(OC)c(S(=O)(=O)NCCOc2cccc(F)c2)c1. The van der Waals surface area contributed by atoms with Crippen molar-refractivity contribution in [1.82, 2.24) is 4.72 Å². The minimum absolute atomic E-state index is 0.0131. The highest BCUT2D eigenvalue weighted by molar-refractivity contribution is 7.89. The van der Waals surface area contributed by atoms with Crippen molar-refractivity contribution in [2.45, 2.75) is 4.90 Å². The molecule has 0 aliphatic rings. The minimum Gasteiger partial charge on any atom is -0.497 e. The van der Waals surface area contributed by atoms with E-state index in [2.05, 4.69) is 4.72 Å². The first-order chi connectivity index (χ1) is 11.5. The number of nitrogens with one attached hydrogen (secondary N) is 1. The Morgan fingerprint density at radius 3 is 2.50 bits per heavy atom. The summed E-state index contributed by atoms with van der Waals surface area (Å²) in [5, 5.41) is 0. The number of hydrogen-bond donors (Lipinski definition) is 1. The molecular weight excluding hydrogens is 337 g/mol. The molecule has 0 saturated heterocycles. The fourth-order valence-corrected chi connectivity index (χ4v) is 3.17. The summed E-state index contributed by atoms with van der Waals surface area (Å²) in [7, 11) is -0.982. The largest absolute Gasteiger partial charge is 0.497 e. The third kappa shape index (κ3) is 4.59. The molecule has 0 heterocycles. The van der Waals surface area contributed by atoms with Gasteiger partial charge in [0.2, 0.25) is 10.0 Å². The minimum atomic E-state index is -3.81. The Hall–Kier alpha value is -2.32. The number of hydrogen-bond acceptors (Lipinski definition) is 5. The van der Waals surface area contributed by atoms with Gasteiger partial charge in [0.1, 0.15) is 34.6 Å². The van der Waals surface area contributed by atoms with Crippen LogP contribution in [0.3, 0.4) is 0 Å². The highest BCUT2D eigenvalue weighted by atomic mass is 32.2. The van der Waals surface area contributed by atoms with Gasteiger partial charge in [0.15, 0.2) is 0 Å². The lowest BCUT2D eigenvalue weighted by molar-refractivity contribution is 0.321. The molecule has 0 saturated carbocycles. The van der Waals surface area contributed by atoms with Crippen LogP contribution in [0.25, 0.3) is 0 Å². The second kappa shape index (κ2) is 7.98. The van der Waals surface area contributed by atoms with E-state index in [0.29, 0.717) is 11.5 Å². The molecular formula is C16H18FNO5S. The van der Waals surface area contributed by atoms with Gasteiger partial charge in [0, 0.05) is 18.7 Å². The maximum atomic E-state index is 13.0. The quantitative estimate of drug-likeness (QED) is 0.735. The van der Waals surface area contributed by atoms with Crippen molar-refractivity contribution in [3.05, 3.63) is 48.3 Å². The lowest BCUT2D eigenvalue weighted by Gasteiger charge is -2.12. The Balaban J connectivity index is 2.01. The van der Waals surface area contributed by atoms with Crippen molar-refractivity contribution in [3.8, 4) is 17.2 Å². The van der Waals surface area contributed by atoms with Gasteiger partial charge in [0.25, 0.3) is 0 Å². The van der Waals surface area contributed by atoms with Gasteiger partial charge >= 0.3 is 0 Å². The van der Waals surface area contributed by atoms with E-state index in [4.69, 9.17) is 14.2 Å². The molecule has 2 aromatic carbocycles. The van der Waals surface area contributed by atoms with Gasteiger partial charge in [0.05, 0.1) is 14.2 Å². The van der Waals surface area contributed by atoms with E-state index in [1.807, 2.05) is 0 Å². The summed E-state index contributed by atoms with van der Waals surface area (Å²) in [4.78, 5) is -0.0323. The van der Waals surface area contributed by atoms with E-state index in [-0.39, 0.29) is 23.8 Å². The zero-order valence-electron chi connectivity index (χ0n) is 13.3. The summed E-state index contributed by atoms with van der Waals surface area (Å²) in [5.41, 5.74) is 0. The van der Waals surface area contributed by atoms with Crippen LogP contribution in [-0.2, 0) is 10.0 Å². The average molecular weight is 355 g/mol. The van der Waals surface area contributed by atoms with Gasteiger partial charge < -0.3 is 14.2 Å². The number of sulfonamides is 1. The van der Waals surface area contributed by atoms with Gasteiger partial charge in [-0.05, 0) is 24.3 Å². The molecule has 0 bridgehead atoms. The molecule has 0 fully saturated rings. The zero-order valence-corrected chi connectivity index (χ0v) is 14.1. The van der Waals surface area contributed by atoms with E-state index in [1.54, 1.807) is 12.1 Å². The molecule has 2 rings (SSSR count). The highest BCUT2D eigenvalue weighted by Crippen LogP contribution is 2.27. The third-order valence-corrected chi connectivity index (χ3v) is 4.60. The van der Waals surface area contributed by atoms with Crippen molar-refractivity contribution < 1.29 is 27.0 Å². The molecule has 8 heteroatoms. The van der Waals surface area contributed by atoms with E-state index in [1.165, 1.54) is 44.6 Å². The molecule has 130 valence electrons. The van der Waals surface area contributed by atoms with E-state index < -0.39 is 15.8 Å². The van der Waals surface area contributed by atoms with Crippen LogP contribution in [0.4, 0.5) is 4.39 Å². The lowest BCUT2D eigenvalue weighted by atomic mass is 10.3. The second-order valence-electron chi connectivity index (χ2n) is 4.72. The Kier molecular flexibility index (Phi) is 5.99. The number of methoxy groups -OCH3 is 2. The summed E-state index contributed by atoms with van der Waals surface area (Å²) in [6.45, 7) is 0.0637. The maximum absolute atomic E-state index is 13.0. The van der Waals surface area contributed by atoms with Crippen molar-refractivity contribution >= 4 is 10.0 Å². The van der Waals surface area contributed by atoms with E-state index in [9.17, 15) is 12.8 Å². The summed E-state index contributed by atoms with van der Waals surface area (Å²) < 4.78 is 55.6. The van der Waals surface area contributed by atoms with Gasteiger partial charge in [-0.1, -0.05) is 6.07 Å². The lowest BCUT2D eigenvalue weighted by Crippen LogP contribution is -2.28. The summed E-state index contributed by atoms with van der Waals surface area (Å²) in [5.74, 6) is 0.504. The Bertz CT molecular complexity index is 795. The second-order valence-corrected chi connectivity index (χ2v) is 6.46. The standard InChI is InChI=1S/C16H18FNO5S/c1-21-13-6-7-15(22-2)16(11-13)24(19,20)18-8-9-23-14-5-3-4-12(17)10-14/h3-7,10-11,18H,8-9H2,1-2H3. The van der Waals surface area contributed by atoms with Crippen molar-refractivity contribution in [1.29, 1.82) is 0 Å². The van der Waals surface area contributed by atoms with Gasteiger partial charge in [-0.3, -0.25) is 0 Å². The van der Waals surface area contributed by atoms with Crippen molar-refractivity contribution in [3.63, 3.8) is 0 Å². The third-order valence-electron chi connectivity index (χ3n) is 3.12. The zero-order chi connectivity index (χ0) is 17.6. The molecule has 24 heavy (non-hydrogen) atoms.